The largest absolute Gasteiger partial charge is 0.143 e. The van der Waals surface area contributed by atoms with Crippen LogP contribution in [0, 0.1) is 6.92 Å². The van der Waals surface area contributed by atoms with Crippen LogP contribution in [0.25, 0.3) is 0 Å². The maximum absolute atomic E-state index is 4.13. The molecule has 0 atom stereocenters. The monoisotopic (exact) mass is 228 g/mol. The molecule has 0 bridgehead atoms. The molecule has 0 aliphatic rings. The highest BCUT2D eigenvalue weighted by Crippen LogP contribution is 2.05. The van der Waals surface area contributed by atoms with E-state index in [2.05, 4.69) is 33.4 Å². The van der Waals surface area contributed by atoms with Crippen molar-refractivity contribution in [2.24, 2.45) is 0 Å². The zero-order valence-electron chi connectivity index (χ0n) is 11.5. The van der Waals surface area contributed by atoms with Crippen molar-refractivity contribution in [3.05, 3.63) is 29.8 Å². The topological polar surface area (TPSA) is 0 Å². The van der Waals surface area contributed by atoms with Crippen molar-refractivity contribution in [2.45, 2.75) is 59.8 Å². The highest BCUT2D eigenvalue weighted by atomic mass is 32.1. The van der Waals surface area contributed by atoms with Gasteiger partial charge in [-0.05, 0) is 19.1 Å². The molecule has 0 spiro atoms. The van der Waals surface area contributed by atoms with Crippen molar-refractivity contribution in [2.75, 3.05) is 0 Å². The van der Waals surface area contributed by atoms with Crippen LogP contribution in [0.4, 0.5) is 0 Å². The molecule has 0 saturated carbocycles. The van der Waals surface area contributed by atoms with Crippen LogP contribution in [0.2, 0.25) is 0 Å². The fraction of sp³-hybridized carbons (Fsp3) is 0.571. The minimum Gasteiger partial charge on any atom is -0.143 e. The van der Waals surface area contributed by atoms with Gasteiger partial charge in [-0.3, -0.25) is 0 Å². The lowest BCUT2D eigenvalue weighted by Gasteiger charge is -1.89. The molecule has 0 N–H and O–H groups in total. The summed E-state index contributed by atoms with van der Waals surface area (Å²) in [5, 5.41) is 0. The van der Waals surface area contributed by atoms with Gasteiger partial charge in [-0.15, -0.1) is 12.6 Å². The molecule has 15 heavy (non-hydrogen) atoms. The van der Waals surface area contributed by atoms with Gasteiger partial charge in [-0.2, -0.15) is 0 Å². The number of thiol groups is 1. The van der Waals surface area contributed by atoms with E-state index in [1.807, 2.05) is 52.0 Å². The first-order valence-electron chi connectivity index (χ1n) is 5.96. The third-order valence-corrected chi connectivity index (χ3v) is 1.33. The summed E-state index contributed by atoms with van der Waals surface area (Å²) in [6.07, 6.45) is 1.25. The Morgan fingerprint density at radius 1 is 0.867 bits per heavy atom. The van der Waals surface area contributed by atoms with Crippen molar-refractivity contribution < 1.29 is 0 Å². The minimum absolute atomic E-state index is 1.02. The average molecular weight is 228 g/mol. The van der Waals surface area contributed by atoms with Gasteiger partial charge in [0.25, 0.3) is 0 Å². The number of hydrogen-bond acceptors (Lipinski definition) is 1. The Bertz CT molecular complexity index is 156. The van der Waals surface area contributed by atoms with E-state index in [4.69, 9.17) is 0 Å². The van der Waals surface area contributed by atoms with E-state index in [1.165, 1.54) is 12.0 Å². The summed E-state index contributed by atoms with van der Waals surface area (Å²) in [6.45, 7) is 14.3. The molecule has 90 valence electrons. The van der Waals surface area contributed by atoms with E-state index in [1.54, 1.807) is 0 Å². The third-order valence-electron chi connectivity index (χ3n) is 1.03. The molecule has 0 fully saturated rings. The lowest BCUT2D eigenvalue weighted by molar-refractivity contribution is 1.09. The van der Waals surface area contributed by atoms with Gasteiger partial charge in [0.2, 0.25) is 0 Å². The van der Waals surface area contributed by atoms with Gasteiger partial charge < -0.3 is 0 Å². The maximum Gasteiger partial charge on any atom is 0.00401 e. The van der Waals surface area contributed by atoms with Gasteiger partial charge in [0, 0.05) is 4.90 Å². The molecule has 0 radical (unpaired) electrons. The average Bonchev–Trinajstić information content (AvgIpc) is 2.29. The zero-order chi connectivity index (χ0) is 12.7. The van der Waals surface area contributed by atoms with E-state index in [0.717, 1.165) is 4.90 Å². The van der Waals surface area contributed by atoms with E-state index >= 15 is 0 Å². The highest BCUT2D eigenvalue weighted by molar-refractivity contribution is 7.80. The first-order valence-corrected chi connectivity index (χ1v) is 6.41. The molecule has 0 nitrogen and oxygen atoms in total. The molecule has 0 amide bonds. The van der Waals surface area contributed by atoms with Gasteiger partial charge >= 0.3 is 0 Å². The number of benzene rings is 1. The van der Waals surface area contributed by atoms with Crippen LogP contribution in [0.3, 0.4) is 0 Å². The summed E-state index contributed by atoms with van der Waals surface area (Å²) >= 11 is 4.13. The van der Waals surface area contributed by atoms with Crippen molar-refractivity contribution in [3.8, 4) is 0 Å². The van der Waals surface area contributed by atoms with Crippen molar-refractivity contribution in [1.82, 2.24) is 0 Å². The quantitative estimate of drug-likeness (QED) is 0.537. The second-order valence-corrected chi connectivity index (χ2v) is 3.06. The second-order valence-electron chi connectivity index (χ2n) is 2.54. The van der Waals surface area contributed by atoms with Gasteiger partial charge in [0.05, 0.1) is 0 Å². The maximum atomic E-state index is 4.13. The zero-order valence-corrected chi connectivity index (χ0v) is 12.4. The molecule has 1 heteroatoms. The lowest BCUT2D eigenvalue weighted by atomic mass is 10.2. The molecule has 0 unspecified atom stereocenters. The molecule has 0 aliphatic carbocycles. The predicted molar refractivity (Wildman–Crippen MR) is 77.1 cm³/mol. The molecule has 1 aromatic carbocycles. The van der Waals surface area contributed by atoms with Gasteiger partial charge in [-0.1, -0.05) is 65.7 Å². The van der Waals surface area contributed by atoms with E-state index in [0.29, 0.717) is 0 Å². The molecule has 0 saturated heterocycles. The number of rotatable bonds is 0. The Hall–Kier alpha value is -0.430. The Labute approximate surface area is 103 Å². The Morgan fingerprint density at radius 3 is 1.33 bits per heavy atom. The molecular weight excluding hydrogens is 200 g/mol. The van der Waals surface area contributed by atoms with Crippen molar-refractivity contribution >= 4 is 12.6 Å². The van der Waals surface area contributed by atoms with Crippen molar-refractivity contribution in [3.63, 3.8) is 0 Å². The summed E-state index contributed by atoms with van der Waals surface area (Å²) in [6, 6.07) is 8.06. The fourth-order valence-corrected chi connectivity index (χ4v) is 0.694. The summed E-state index contributed by atoms with van der Waals surface area (Å²) in [5.74, 6) is 0. The van der Waals surface area contributed by atoms with Crippen molar-refractivity contribution in [1.29, 1.82) is 0 Å². The second kappa shape index (κ2) is 19.2. The van der Waals surface area contributed by atoms with Crippen LogP contribution in [-0.4, -0.2) is 0 Å². The third kappa shape index (κ3) is 19.8. The van der Waals surface area contributed by atoms with Gasteiger partial charge in [0.15, 0.2) is 0 Å². The van der Waals surface area contributed by atoms with E-state index in [9.17, 15) is 0 Å². The van der Waals surface area contributed by atoms with Gasteiger partial charge in [-0.25, -0.2) is 0 Å². The summed E-state index contributed by atoms with van der Waals surface area (Å²) in [4.78, 5) is 1.02. The lowest BCUT2D eigenvalue weighted by Crippen LogP contribution is -1.67. The van der Waals surface area contributed by atoms with E-state index in [-0.39, 0.29) is 0 Å². The molecule has 1 aromatic rings. The standard InChI is InChI=1S/C7H8S.C3H8.2C2H6/c1-6-2-4-7(8)5-3-6;1-3-2;2*1-2/h2-5,8H,1H3;3H2,1-2H3;2*1-2H3. The van der Waals surface area contributed by atoms with Crippen LogP contribution in [0.1, 0.15) is 53.5 Å². The molecule has 0 aliphatic heterocycles. The molecule has 0 aromatic heterocycles. The highest BCUT2D eigenvalue weighted by Gasteiger charge is 1.80. The van der Waals surface area contributed by atoms with Gasteiger partial charge in [0.1, 0.15) is 0 Å². The van der Waals surface area contributed by atoms with Crippen LogP contribution in [-0.2, 0) is 0 Å². The Kier molecular flexibility index (Phi) is 25.6. The van der Waals surface area contributed by atoms with E-state index < -0.39 is 0 Å². The SMILES string of the molecule is CC.CC.CCC.Cc1ccc(S)cc1. The first-order chi connectivity index (χ1) is 7.20. The summed E-state index contributed by atoms with van der Waals surface area (Å²) in [7, 11) is 0. The normalized spacial score (nSPS) is 6.93. The van der Waals surface area contributed by atoms with Crippen LogP contribution in [0.15, 0.2) is 29.2 Å². The first kappa shape index (κ1) is 20.0. The van der Waals surface area contributed by atoms with Crippen LogP contribution < -0.4 is 0 Å². The molecular formula is C14H28S. The minimum atomic E-state index is 1.02. The summed E-state index contributed by atoms with van der Waals surface area (Å²) in [5.41, 5.74) is 1.28. The van der Waals surface area contributed by atoms with Crippen LogP contribution >= 0.6 is 12.6 Å². The Morgan fingerprint density at radius 2 is 1.13 bits per heavy atom. The molecule has 0 heterocycles. The Balaban J connectivity index is -0.000000176. The smallest absolute Gasteiger partial charge is 0.00401 e. The predicted octanol–water partition coefficient (Wildman–Crippen LogP) is 5.75. The number of aryl methyl sites for hydroxylation is 1. The summed E-state index contributed by atoms with van der Waals surface area (Å²) < 4.78 is 0. The molecule has 1 rings (SSSR count). The van der Waals surface area contributed by atoms with Crippen LogP contribution in [0.5, 0.6) is 0 Å². The number of hydrogen-bond donors (Lipinski definition) is 1. The fourth-order valence-electron chi connectivity index (χ4n) is 0.545.